The summed E-state index contributed by atoms with van der Waals surface area (Å²) in [5.41, 5.74) is -2.85. The van der Waals surface area contributed by atoms with Crippen molar-refractivity contribution in [2.45, 2.75) is 104 Å². The third-order valence-corrected chi connectivity index (χ3v) is 9.75. The number of carbonyl (C=O) groups excluding carboxylic acids is 1. The molecular formula is C40H45F6N3O4. The number of alkyl halides is 3. The highest BCUT2D eigenvalue weighted by Gasteiger charge is 2.39. The van der Waals surface area contributed by atoms with Crippen LogP contribution in [0.3, 0.4) is 0 Å². The number of likely N-dealkylation sites (tertiary alicyclic amines) is 1. The van der Waals surface area contributed by atoms with Gasteiger partial charge in [0.2, 0.25) is 5.91 Å². The van der Waals surface area contributed by atoms with Gasteiger partial charge in [-0.25, -0.2) is 13.2 Å². The van der Waals surface area contributed by atoms with Gasteiger partial charge in [0.1, 0.15) is 23.5 Å². The number of nitrogens with zero attached hydrogens (tertiary/aromatic N) is 2. The van der Waals surface area contributed by atoms with Gasteiger partial charge in [0.25, 0.3) is 5.56 Å². The summed E-state index contributed by atoms with van der Waals surface area (Å²) >= 11 is 0. The van der Waals surface area contributed by atoms with Crippen molar-refractivity contribution >= 4 is 11.9 Å². The molecule has 0 aliphatic carbocycles. The Morgan fingerprint density at radius 3 is 2.09 bits per heavy atom. The van der Waals surface area contributed by atoms with Crippen LogP contribution in [0, 0.1) is 49.1 Å². The Balaban J connectivity index is 1.88. The highest BCUT2D eigenvalue weighted by Crippen LogP contribution is 2.40. The molecular weight excluding hydrogens is 700 g/mol. The Morgan fingerprint density at radius 1 is 0.981 bits per heavy atom. The number of aliphatic carboxylic acids is 1. The van der Waals surface area contributed by atoms with E-state index >= 15 is 8.78 Å². The number of pyridine rings is 1. The smallest absolute Gasteiger partial charge is 0.416 e. The number of aryl methyl sites for hydroxylation is 2. The predicted molar refractivity (Wildman–Crippen MR) is 190 cm³/mol. The minimum atomic E-state index is -4.86. The molecule has 2 heterocycles. The zero-order valence-electron chi connectivity index (χ0n) is 30.9. The lowest BCUT2D eigenvalue weighted by molar-refractivity contribution is -0.139. The van der Waals surface area contributed by atoms with Crippen molar-refractivity contribution in [2.75, 3.05) is 13.1 Å². The van der Waals surface area contributed by atoms with Crippen LogP contribution in [0.25, 0.3) is 11.1 Å². The maximum absolute atomic E-state index is 16.7. The van der Waals surface area contributed by atoms with Crippen LogP contribution in [0.4, 0.5) is 26.3 Å². The minimum Gasteiger partial charge on any atom is -0.481 e. The first-order valence-corrected chi connectivity index (χ1v) is 17.6. The summed E-state index contributed by atoms with van der Waals surface area (Å²) in [5, 5.41) is 12.3. The van der Waals surface area contributed by atoms with Gasteiger partial charge >= 0.3 is 12.1 Å². The second-order valence-corrected chi connectivity index (χ2v) is 14.4. The summed E-state index contributed by atoms with van der Waals surface area (Å²) in [6, 6.07) is 0.798. The molecule has 4 rings (SSSR count). The zero-order valence-corrected chi connectivity index (χ0v) is 30.9. The zero-order chi connectivity index (χ0) is 39.5. The molecule has 1 saturated heterocycles. The second kappa shape index (κ2) is 16.6. The summed E-state index contributed by atoms with van der Waals surface area (Å²) in [5.74, 6) is -1.37. The number of benzene rings is 2. The first-order valence-electron chi connectivity index (χ1n) is 17.6. The number of hydrogen-bond donors (Lipinski definition) is 2. The summed E-state index contributed by atoms with van der Waals surface area (Å²) in [6.07, 6.45) is -4.10. The van der Waals surface area contributed by atoms with E-state index in [1.54, 1.807) is 13.8 Å². The number of rotatable bonds is 11. The average Bonchev–Trinajstić information content (AvgIpc) is 3.04. The second-order valence-electron chi connectivity index (χ2n) is 14.4. The maximum Gasteiger partial charge on any atom is 0.416 e. The fourth-order valence-corrected chi connectivity index (χ4v) is 7.27. The third-order valence-electron chi connectivity index (χ3n) is 9.75. The van der Waals surface area contributed by atoms with Crippen LogP contribution >= 0.6 is 0 Å². The number of carboxylic acids is 1. The van der Waals surface area contributed by atoms with Gasteiger partial charge in [0.15, 0.2) is 0 Å². The van der Waals surface area contributed by atoms with Crippen molar-refractivity contribution in [1.82, 2.24) is 14.8 Å². The van der Waals surface area contributed by atoms with Crippen molar-refractivity contribution in [3.05, 3.63) is 91.6 Å². The number of nitrogens with one attached hydrogen (secondary N) is 1. The lowest BCUT2D eigenvalue weighted by Crippen LogP contribution is -2.41. The minimum absolute atomic E-state index is 0.0757. The van der Waals surface area contributed by atoms with Crippen molar-refractivity contribution in [1.29, 1.82) is 0 Å². The lowest BCUT2D eigenvalue weighted by atomic mass is 9.86. The fraction of sp³-hybridized carbons (Fsp3) is 0.475. The van der Waals surface area contributed by atoms with Crippen molar-refractivity contribution in [3.63, 3.8) is 0 Å². The molecule has 1 aliphatic rings. The normalized spacial score (nSPS) is 15.3. The summed E-state index contributed by atoms with van der Waals surface area (Å²) in [4.78, 5) is 42.0. The molecule has 1 fully saturated rings. The molecule has 0 bridgehead atoms. The van der Waals surface area contributed by atoms with Crippen LogP contribution in [0.1, 0.15) is 112 Å². The quantitative estimate of drug-likeness (QED) is 0.152. The van der Waals surface area contributed by atoms with Crippen LogP contribution in [0.2, 0.25) is 0 Å². The number of carbonyl (C=O) groups is 2. The van der Waals surface area contributed by atoms with E-state index in [4.69, 9.17) is 0 Å². The van der Waals surface area contributed by atoms with Gasteiger partial charge in [-0.3, -0.25) is 14.4 Å². The van der Waals surface area contributed by atoms with Crippen LogP contribution in [0.5, 0.6) is 0 Å². The van der Waals surface area contributed by atoms with E-state index in [1.807, 2.05) is 13.8 Å². The maximum atomic E-state index is 16.7. The molecule has 2 N–H and O–H groups in total. The summed E-state index contributed by atoms with van der Waals surface area (Å²) < 4.78 is 91.1. The number of aromatic nitrogens is 1. The first kappa shape index (κ1) is 41.2. The average molecular weight is 746 g/mol. The molecule has 2 atom stereocenters. The van der Waals surface area contributed by atoms with Gasteiger partial charge in [-0.2, -0.15) is 13.2 Å². The van der Waals surface area contributed by atoms with E-state index in [0.717, 1.165) is 29.0 Å². The van der Waals surface area contributed by atoms with E-state index in [-0.39, 0.29) is 40.6 Å². The van der Waals surface area contributed by atoms with E-state index in [1.165, 1.54) is 20.8 Å². The Bertz CT molecular complexity index is 1960. The molecule has 3 aromatic rings. The Morgan fingerprint density at radius 2 is 1.58 bits per heavy atom. The molecule has 1 aromatic heterocycles. The predicted octanol–water partition coefficient (Wildman–Crippen LogP) is 8.45. The van der Waals surface area contributed by atoms with E-state index in [2.05, 4.69) is 22.1 Å². The van der Waals surface area contributed by atoms with Gasteiger partial charge in [-0.1, -0.05) is 19.8 Å². The van der Waals surface area contributed by atoms with Crippen LogP contribution in [-0.4, -0.2) is 45.6 Å². The van der Waals surface area contributed by atoms with Crippen molar-refractivity contribution < 1.29 is 41.0 Å². The molecule has 0 saturated carbocycles. The van der Waals surface area contributed by atoms with Crippen LogP contribution in [-0.2, 0) is 15.8 Å². The number of amides is 1. The number of hydrogen-bond acceptors (Lipinski definition) is 4. The van der Waals surface area contributed by atoms with Gasteiger partial charge in [-0.05, 0) is 119 Å². The van der Waals surface area contributed by atoms with Gasteiger partial charge in [0, 0.05) is 29.4 Å². The van der Waals surface area contributed by atoms with E-state index in [9.17, 15) is 37.1 Å². The third kappa shape index (κ3) is 9.33. The molecule has 7 nitrogen and oxygen atoms in total. The summed E-state index contributed by atoms with van der Waals surface area (Å²) in [6.45, 7) is 12.9. The number of halogens is 6. The monoisotopic (exact) mass is 745 g/mol. The van der Waals surface area contributed by atoms with Gasteiger partial charge in [0.05, 0.1) is 23.6 Å². The Hall–Kier alpha value is -4.57. The number of carboxylic acid groups (broad SMARTS) is 1. The lowest BCUT2D eigenvalue weighted by Gasteiger charge is -2.36. The van der Waals surface area contributed by atoms with Crippen LogP contribution in [0.15, 0.2) is 35.3 Å². The first-order chi connectivity index (χ1) is 24.7. The van der Waals surface area contributed by atoms with Crippen molar-refractivity contribution in [3.8, 4) is 23.0 Å². The van der Waals surface area contributed by atoms with Crippen LogP contribution < -0.4 is 10.9 Å². The Labute approximate surface area is 305 Å². The molecule has 286 valence electrons. The largest absolute Gasteiger partial charge is 0.481 e. The molecule has 0 spiro atoms. The fourth-order valence-electron chi connectivity index (χ4n) is 7.27. The molecule has 1 amide bonds. The topological polar surface area (TPSA) is 91.6 Å². The number of piperidine rings is 1. The van der Waals surface area contributed by atoms with Gasteiger partial charge < -0.3 is 19.9 Å². The Kier molecular flexibility index (Phi) is 12.9. The molecule has 0 unspecified atom stereocenters. The SMILES string of the molecule is CC#Cc1cc(-c2c(C)cc(F)cc2C)c(F)c([C@@H](CC(=O)O)NC(=O)[C@@H](CC(C)C)n2cc(C3CCN(C(C)C)CC3)c(C(F)(F)F)cc2=O)c1F. The van der Waals surface area contributed by atoms with E-state index in [0.29, 0.717) is 43.1 Å². The summed E-state index contributed by atoms with van der Waals surface area (Å²) in [7, 11) is 0. The van der Waals surface area contributed by atoms with Gasteiger partial charge in [-0.15, -0.1) is 5.92 Å². The highest BCUT2D eigenvalue weighted by molar-refractivity contribution is 5.82. The van der Waals surface area contributed by atoms with Crippen molar-refractivity contribution in [2.24, 2.45) is 5.92 Å². The molecule has 0 radical (unpaired) electrons. The molecule has 1 aliphatic heterocycles. The molecule has 53 heavy (non-hydrogen) atoms. The highest BCUT2D eigenvalue weighted by atomic mass is 19.4. The van der Waals surface area contributed by atoms with E-state index < -0.39 is 76.6 Å². The molecule has 13 heteroatoms. The standard InChI is InChI=1S/C40H45F6N3O4/c1-8-9-26-17-28(35-23(6)15-27(41)16-24(35)7)38(43)36(37(26)42)31(19-34(51)52)47-39(53)32(14-21(2)3)49-20-29(30(18-33(49)50)40(44,45)46)25-10-12-48(13-11-25)22(4)5/h15-18,20-22,25,31-32H,10-14,19H2,1-7H3,(H,47,53)(H,51,52)/t31-,32-/m1/s1. The molecule has 2 aromatic carbocycles.